The SMILES string of the molecule is CN(C(=O)NC1CCNCC1)c1ccc(Cl)cc1. The van der Waals surface area contributed by atoms with E-state index in [4.69, 9.17) is 11.6 Å². The summed E-state index contributed by atoms with van der Waals surface area (Å²) in [5.41, 5.74) is 0.839. The first-order valence-corrected chi connectivity index (χ1v) is 6.55. The lowest BCUT2D eigenvalue weighted by molar-refractivity contribution is 0.240. The summed E-state index contributed by atoms with van der Waals surface area (Å²) in [4.78, 5) is 13.7. The van der Waals surface area contributed by atoms with Crippen molar-refractivity contribution >= 4 is 23.3 Å². The first-order valence-electron chi connectivity index (χ1n) is 6.17. The van der Waals surface area contributed by atoms with Gasteiger partial charge in [0.15, 0.2) is 0 Å². The van der Waals surface area contributed by atoms with E-state index >= 15 is 0 Å². The van der Waals surface area contributed by atoms with Gasteiger partial charge in [-0.3, -0.25) is 4.90 Å². The highest BCUT2D eigenvalue weighted by Crippen LogP contribution is 2.17. The molecule has 1 saturated heterocycles. The summed E-state index contributed by atoms with van der Waals surface area (Å²) in [6, 6.07) is 7.45. The third-order valence-corrected chi connectivity index (χ3v) is 3.44. The molecular formula is C13H18ClN3O. The summed E-state index contributed by atoms with van der Waals surface area (Å²) in [6.45, 7) is 1.94. The molecule has 1 aromatic carbocycles. The van der Waals surface area contributed by atoms with Crippen LogP contribution in [-0.4, -0.2) is 32.2 Å². The average Bonchev–Trinajstić information content (AvgIpc) is 2.40. The van der Waals surface area contributed by atoms with E-state index in [1.165, 1.54) is 0 Å². The number of carbonyl (C=O) groups is 1. The molecule has 98 valence electrons. The highest BCUT2D eigenvalue weighted by Gasteiger charge is 2.18. The molecule has 1 fully saturated rings. The first kappa shape index (κ1) is 13.2. The monoisotopic (exact) mass is 267 g/mol. The van der Waals surface area contributed by atoms with E-state index < -0.39 is 0 Å². The summed E-state index contributed by atoms with van der Waals surface area (Å²) >= 11 is 5.83. The maximum Gasteiger partial charge on any atom is 0.321 e. The molecule has 0 radical (unpaired) electrons. The number of nitrogens with zero attached hydrogens (tertiary/aromatic N) is 1. The minimum atomic E-state index is -0.0655. The Morgan fingerprint density at radius 3 is 2.56 bits per heavy atom. The van der Waals surface area contributed by atoms with Gasteiger partial charge in [-0.25, -0.2) is 4.79 Å². The Kier molecular flexibility index (Phi) is 4.44. The summed E-state index contributed by atoms with van der Waals surface area (Å²) < 4.78 is 0. The average molecular weight is 268 g/mol. The van der Waals surface area contributed by atoms with Gasteiger partial charge in [-0.1, -0.05) is 11.6 Å². The van der Waals surface area contributed by atoms with E-state index in [2.05, 4.69) is 10.6 Å². The van der Waals surface area contributed by atoms with Crippen molar-refractivity contribution in [3.05, 3.63) is 29.3 Å². The molecule has 0 spiro atoms. The number of anilines is 1. The van der Waals surface area contributed by atoms with Crippen LogP contribution >= 0.6 is 11.6 Å². The minimum absolute atomic E-state index is 0.0655. The lowest BCUT2D eigenvalue weighted by Crippen LogP contribution is -2.47. The third-order valence-electron chi connectivity index (χ3n) is 3.19. The van der Waals surface area contributed by atoms with Gasteiger partial charge in [0.1, 0.15) is 0 Å². The largest absolute Gasteiger partial charge is 0.335 e. The lowest BCUT2D eigenvalue weighted by Gasteiger charge is -2.26. The third kappa shape index (κ3) is 3.37. The van der Waals surface area contributed by atoms with Gasteiger partial charge >= 0.3 is 6.03 Å². The van der Waals surface area contributed by atoms with Crippen molar-refractivity contribution in [2.45, 2.75) is 18.9 Å². The Hall–Kier alpha value is -1.26. The fraction of sp³-hybridized carbons (Fsp3) is 0.462. The molecule has 0 unspecified atom stereocenters. The van der Waals surface area contributed by atoms with Gasteiger partial charge in [0, 0.05) is 23.8 Å². The van der Waals surface area contributed by atoms with Crippen molar-refractivity contribution in [3.8, 4) is 0 Å². The Labute approximate surface area is 112 Å². The van der Waals surface area contributed by atoms with Crippen LogP contribution in [-0.2, 0) is 0 Å². The molecule has 2 amide bonds. The molecule has 5 heteroatoms. The van der Waals surface area contributed by atoms with Crippen LogP contribution < -0.4 is 15.5 Å². The lowest BCUT2D eigenvalue weighted by atomic mass is 10.1. The second kappa shape index (κ2) is 6.07. The van der Waals surface area contributed by atoms with E-state index in [0.29, 0.717) is 5.02 Å². The standard InChI is InChI=1S/C13H18ClN3O/c1-17(12-4-2-10(14)3-5-12)13(18)16-11-6-8-15-9-7-11/h2-5,11,15H,6-9H2,1H3,(H,16,18). The number of carbonyl (C=O) groups excluding carboxylic acids is 1. The molecule has 0 saturated carbocycles. The molecule has 1 heterocycles. The molecule has 1 aromatic rings. The Balaban J connectivity index is 1.93. The van der Waals surface area contributed by atoms with Crippen molar-refractivity contribution in [2.75, 3.05) is 25.0 Å². The molecule has 18 heavy (non-hydrogen) atoms. The van der Waals surface area contributed by atoms with E-state index in [9.17, 15) is 4.79 Å². The van der Waals surface area contributed by atoms with Gasteiger partial charge in [-0.15, -0.1) is 0 Å². The summed E-state index contributed by atoms with van der Waals surface area (Å²) in [5, 5.41) is 6.99. The predicted octanol–water partition coefficient (Wildman–Crippen LogP) is 2.24. The number of urea groups is 1. The Morgan fingerprint density at radius 2 is 1.94 bits per heavy atom. The van der Waals surface area contributed by atoms with Crippen LogP contribution in [0.15, 0.2) is 24.3 Å². The molecule has 0 bridgehead atoms. The maximum absolute atomic E-state index is 12.1. The van der Waals surface area contributed by atoms with Crippen LogP contribution in [0.1, 0.15) is 12.8 Å². The Bertz CT molecular complexity index is 401. The number of hydrogen-bond donors (Lipinski definition) is 2. The minimum Gasteiger partial charge on any atom is -0.335 e. The summed E-state index contributed by atoms with van der Waals surface area (Å²) in [6.07, 6.45) is 1.97. The summed E-state index contributed by atoms with van der Waals surface area (Å²) in [5.74, 6) is 0. The smallest absolute Gasteiger partial charge is 0.321 e. The van der Waals surface area contributed by atoms with Gasteiger partial charge in [-0.05, 0) is 50.2 Å². The van der Waals surface area contributed by atoms with Crippen LogP contribution in [0.4, 0.5) is 10.5 Å². The highest BCUT2D eigenvalue weighted by molar-refractivity contribution is 6.30. The Morgan fingerprint density at radius 1 is 1.33 bits per heavy atom. The van der Waals surface area contributed by atoms with Crippen LogP contribution in [0.3, 0.4) is 0 Å². The number of hydrogen-bond acceptors (Lipinski definition) is 2. The highest BCUT2D eigenvalue weighted by atomic mass is 35.5. The second-order valence-electron chi connectivity index (χ2n) is 4.51. The zero-order valence-electron chi connectivity index (χ0n) is 10.4. The van der Waals surface area contributed by atoms with Gasteiger partial charge in [0.05, 0.1) is 0 Å². The van der Waals surface area contributed by atoms with E-state index in [1.54, 1.807) is 24.1 Å². The topological polar surface area (TPSA) is 44.4 Å². The number of benzene rings is 1. The van der Waals surface area contributed by atoms with E-state index in [-0.39, 0.29) is 12.1 Å². The van der Waals surface area contributed by atoms with Gasteiger partial charge in [0.25, 0.3) is 0 Å². The zero-order chi connectivity index (χ0) is 13.0. The van der Waals surface area contributed by atoms with Crippen LogP contribution in [0.25, 0.3) is 0 Å². The van der Waals surface area contributed by atoms with Crippen molar-refractivity contribution in [2.24, 2.45) is 0 Å². The van der Waals surface area contributed by atoms with Gasteiger partial charge in [0.2, 0.25) is 0 Å². The summed E-state index contributed by atoms with van der Waals surface area (Å²) in [7, 11) is 1.76. The molecule has 0 atom stereocenters. The fourth-order valence-corrected chi connectivity index (χ4v) is 2.15. The normalized spacial score (nSPS) is 16.3. The van der Waals surface area contributed by atoms with Gasteiger partial charge in [-0.2, -0.15) is 0 Å². The van der Waals surface area contributed by atoms with E-state index in [1.807, 2.05) is 12.1 Å². The van der Waals surface area contributed by atoms with Gasteiger partial charge < -0.3 is 10.6 Å². The van der Waals surface area contributed by atoms with Crippen molar-refractivity contribution in [1.29, 1.82) is 0 Å². The van der Waals surface area contributed by atoms with E-state index in [0.717, 1.165) is 31.6 Å². The second-order valence-corrected chi connectivity index (χ2v) is 4.95. The predicted molar refractivity (Wildman–Crippen MR) is 74.3 cm³/mol. The van der Waals surface area contributed by atoms with Crippen LogP contribution in [0.5, 0.6) is 0 Å². The molecule has 2 rings (SSSR count). The van der Waals surface area contributed by atoms with Crippen LogP contribution in [0, 0.1) is 0 Å². The maximum atomic E-state index is 12.1. The number of rotatable bonds is 2. The molecule has 2 N–H and O–H groups in total. The van der Waals surface area contributed by atoms with Crippen LogP contribution in [0.2, 0.25) is 5.02 Å². The molecular weight excluding hydrogens is 250 g/mol. The van der Waals surface area contributed by atoms with Crippen molar-refractivity contribution in [3.63, 3.8) is 0 Å². The van der Waals surface area contributed by atoms with Crippen molar-refractivity contribution in [1.82, 2.24) is 10.6 Å². The number of halogens is 1. The molecule has 1 aliphatic rings. The number of amides is 2. The number of nitrogens with one attached hydrogen (secondary N) is 2. The van der Waals surface area contributed by atoms with Crippen molar-refractivity contribution < 1.29 is 4.79 Å². The fourth-order valence-electron chi connectivity index (χ4n) is 2.02. The molecule has 1 aliphatic heterocycles. The molecule has 0 aliphatic carbocycles. The zero-order valence-corrected chi connectivity index (χ0v) is 11.2. The molecule has 0 aromatic heterocycles. The quantitative estimate of drug-likeness (QED) is 0.863. The first-order chi connectivity index (χ1) is 8.66. The molecule has 4 nitrogen and oxygen atoms in total. The number of piperidine rings is 1.